The SMILES string of the molecule is O=S(=O)(N1CCCCCC1)N1C[C@H](c2ccccc2)[C@@H](c2ncon2)C1. The summed E-state index contributed by atoms with van der Waals surface area (Å²) in [6.07, 6.45) is 5.38. The van der Waals surface area contributed by atoms with Gasteiger partial charge in [0.1, 0.15) is 0 Å². The van der Waals surface area contributed by atoms with E-state index in [2.05, 4.69) is 10.1 Å². The summed E-state index contributed by atoms with van der Waals surface area (Å²) in [5.41, 5.74) is 1.11. The van der Waals surface area contributed by atoms with E-state index in [4.69, 9.17) is 4.52 Å². The Labute approximate surface area is 154 Å². The molecule has 2 aliphatic rings. The molecule has 0 bridgehead atoms. The number of benzene rings is 1. The molecule has 2 atom stereocenters. The Hall–Kier alpha value is -1.77. The minimum Gasteiger partial charge on any atom is -0.343 e. The van der Waals surface area contributed by atoms with Gasteiger partial charge in [0.2, 0.25) is 6.39 Å². The highest BCUT2D eigenvalue weighted by molar-refractivity contribution is 7.86. The maximum absolute atomic E-state index is 13.2. The highest BCUT2D eigenvalue weighted by Gasteiger charge is 2.44. The predicted molar refractivity (Wildman–Crippen MR) is 96.8 cm³/mol. The Morgan fingerprint density at radius 2 is 1.62 bits per heavy atom. The Balaban J connectivity index is 1.62. The first kappa shape index (κ1) is 17.6. The minimum absolute atomic E-state index is 0.0237. The quantitative estimate of drug-likeness (QED) is 0.818. The Morgan fingerprint density at radius 3 is 2.27 bits per heavy atom. The van der Waals surface area contributed by atoms with Crippen molar-refractivity contribution < 1.29 is 12.9 Å². The van der Waals surface area contributed by atoms with Crippen LogP contribution in [0.2, 0.25) is 0 Å². The van der Waals surface area contributed by atoms with Crippen LogP contribution in [0.1, 0.15) is 48.9 Å². The molecule has 26 heavy (non-hydrogen) atoms. The standard InChI is InChI=1S/C18H24N4O3S/c23-26(24,21-10-6-1-2-7-11-21)22-12-16(15-8-4-3-5-9-15)17(13-22)18-19-14-25-20-18/h3-5,8-9,14,16-17H,1-2,6-7,10-13H2/t16-,17+/m1/s1. The topological polar surface area (TPSA) is 79.5 Å². The number of rotatable bonds is 4. The van der Waals surface area contributed by atoms with Crippen molar-refractivity contribution in [2.24, 2.45) is 0 Å². The molecule has 0 unspecified atom stereocenters. The lowest BCUT2D eigenvalue weighted by Gasteiger charge is -2.26. The fourth-order valence-electron chi connectivity index (χ4n) is 4.03. The zero-order valence-corrected chi connectivity index (χ0v) is 15.5. The van der Waals surface area contributed by atoms with Gasteiger partial charge in [-0.05, 0) is 18.4 Å². The molecule has 0 spiro atoms. The summed E-state index contributed by atoms with van der Waals surface area (Å²) in [6.45, 7) is 2.06. The number of hydrogen-bond donors (Lipinski definition) is 0. The van der Waals surface area contributed by atoms with E-state index in [0.29, 0.717) is 32.0 Å². The third-order valence-corrected chi connectivity index (χ3v) is 7.41. The zero-order chi connectivity index (χ0) is 18.0. The molecule has 2 aromatic rings. The van der Waals surface area contributed by atoms with Crippen LogP contribution in [0.15, 0.2) is 41.2 Å². The molecule has 2 aliphatic heterocycles. The first-order valence-electron chi connectivity index (χ1n) is 9.22. The van der Waals surface area contributed by atoms with Crippen LogP contribution in [-0.4, -0.2) is 53.3 Å². The second-order valence-electron chi connectivity index (χ2n) is 7.05. The van der Waals surface area contributed by atoms with Crippen molar-refractivity contribution in [3.8, 4) is 0 Å². The summed E-state index contributed by atoms with van der Waals surface area (Å²) >= 11 is 0. The zero-order valence-electron chi connectivity index (χ0n) is 14.7. The molecule has 0 radical (unpaired) electrons. The monoisotopic (exact) mass is 376 g/mol. The summed E-state index contributed by atoms with van der Waals surface area (Å²) in [4.78, 5) is 4.21. The molecular weight excluding hydrogens is 352 g/mol. The number of aromatic nitrogens is 2. The van der Waals surface area contributed by atoms with E-state index in [1.165, 1.54) is 6.39 Å². The Kier molecular flexibility index (Phi) is 5.06. The molecule has 0 amide bonds. The molecule has 1 aromatic heterocycles. The van der Waals surface area contributed by atoms with E-state index < -0.39 is 10.2 Å². The van der Waals surface area contributed by atoms with Gasteiger partial charge in [-0.3, -0.25) is 0 Å². The molecule has 3 heterocycles. The molecule has 140 valence electrons. The van der Waals surface area contributed by atoms with E-state index in [1.54, 1.807) is 8.61 Å². The van der Waals surface area contributed by atoms with Crippen molar-refractivity contribution in [2.45, 2.75) is 37.5 Å². The fraction of sp³-hybridized carbons (Fsp3) is 0.556. The van der Waals surface area contributed by atoms with E-state index in [-0.39, 0.29) is 11.8 Å². The van der Waals surface area contributed by atoms with Crippen LogP contribution in [-0.2, 0) is 10.2 Å². The first-order valence-corrected chi connectivity index (χ1v) is 10.6. The Bertz CT molecular complexity index is 802. The molecule has 2 fully saturated rings. The van der Waals surface area contributed by atoms with Crippen molar-refractivity contribution in [2.75, 3.05) is 26.2 Å². The average Bonchev–Trinajstić information content (AvgIpc) is 3.26. The van der Waals surface area contributed by atoms with Crippen LogP contribution in [0.3, 0.4) is 0 Å². The van der Waals surface area contributed by atoms with Gasteiger partial charge in [0, 0.05) is 38.0 Å². The summed E-state index contributed by atoms with van der Waals surface area (Å²) in [7, 11) is -3.47. The largest absolute Gasteiger partial charge is 0.343 e. The smallest absolute Gasteiger partial charge is 0.282 e. The Morgan fingerprint density at radius 1 is 0.923 bits per heavy atom. The average molecular weight is 376 g/mol. The van der Waals surface area contributed by atoms with Crippen molar-refractivity contribution >= 4 is 10.2 Å². The molecule has 4 rings (SSSR count). The lowest BCUT2D eigenvalue weighted by Crippen LogP contribution is -2.43. The van der Waals surface area contributed by atoms with Crippen LogP contribution in [0.4, 0.5) is 0 Å². The highest BCUT2D eigenvalue weighted by Crippen LogP contribution is 2.40. The van der Waals surface area contributed by atoms with Gasteiger partial charge in [0.05, 0.1) is 0 Å². The van der Waals surface area contributed by atoms with Crippen LogP contribution < -0.4 is 0 Å². The molecule has 8 heteroatoms. The molecule has 2 saturated heterocycles. The normalized spacial score (nSPS) is 26.0. The summed E-state index contributed by atoms with van der Waals surface area (Å²) in [6, 6.07) is 10.0. The van der Waals surface area contributed by atoms with Gasteiger partial charge in [-0.2, -0.15) is 22.0 Å². The third kappa shape index (κ3) is 3.41. The minimum atomic E-state index is -3.47. The fourth-order valence-corrected chi connectivity index (χ4v) is 5.78. The van der Waals surface area contributed by atoms with Crippen molar-refractivity contribution in [1.82, 2.24) is 18.8 Å². The van der Waals surface area contributed by atoms with Crippen LogP contribution in [0.5, 0.6) is 0 Å². The van der Waals surface area contributed by atoms with Gasteiger partial charge in [-0.15, -0.1) is 0 Å². The van der Waals surface area contributed by atoms with E-state index in [0.717, 1.165) is 31.2 Å². The number of nitrogens with zero attached hydrogens (tertiary/aromatic N) is 4. The molecule has 0 N–H and O–H groups in total. The lowest BCUT2D eigenvalue weighted by molar-refractivity contribution is 0.363. The molecule has 1 aromatic carbocycles. The van der Waals surface area contributed by atoms with Crippen molar-refractivity contribution in [3.63, 3.8) is 0 Å². The molecular formula is C18H24N4O3S. The van der Waals surface area contributed by atoms with Gasteiger partial charge in [-0.1, -0.05) is 48.3 Å². The summed E-state index contributed by atoms with van der Waals surface area (Å²) < 4.78 is 34.6. The van der Waals surface area contributed by atoms with Gasteiger partial charge in [0.15, 0.2) is 5.82 Å². The van der Waals surface area contributed by atoms with Crippen LogP contribution >= 0.6 is 0 Å². The number of hydrogen-bond acceptors (Lipinski definition) is 5. The van der Waals surface area contributed by atoms with Crippen molar-refractivity contribution in [3.05, 3.63) is 48.1 Å². The summed E-state index contributed by atoms with van der Waals surface area (Å²) in [5.74, 6) is 0.501. The van der Waals surface area contributed by atoms with Crippen LogP contribution in [0, 0.1) is 0 Å². The summed E-state index contributed by atoms with van der Waals surface area (Å²) in [5, 5.41) is 4.00. The molecule has 0 saturated carbocycles. The highest BCUT2D eigenvalue weighted by atomic mass is 32.2. The maximum Gasteiger partial charge on any atom is 0.282 e. The van der Waals surface area contributed by atoms with Gasteiger partial charge < -0.3 is 4.52 Å². The predicted octanol–water partition coefficient (Wildman–Crippen LogP) is 2.37. The molecule has 0 aliphatic carbocycles. The second-order valence-corrected chi connectivity index (χ2v) is 8.98. The van der Waals surface area contributed by atoms with E-state index in [1.807, 2.05) is 30.3 Å². The first-order chi connectivity index (χ1) is 12.7. The van der Waals surface area contributed by atoms with Gasteiger partial charge >= 0.3 is 0 Å². The second kappa shape index (κ2) is 7.46. The third-order valence-electron chi connectivity index (χ3n) is 5.44. The van der Waals surface area contributed by atoms with Crippen LogP contribution in [0.25, 0.3) is 0 Å². The van der Waals surface area contributed by atoms with E-state index >= 15 is 0 Å². The van der Waals surface area contributed by atoms with E-state index in [9.17, 15) is 8.42 Å². The molecule has 7 nitrogen and oxygen atoms in total. The van der Waals surface area contributed by atoms with Crippen molar-refractivity contribution in [1.29, 1.82) is 0 Å². The van der Waals surface area contributed by atoms with Gasteiger partial charge in [0.25, 0.3) is 10.2 Å². The van der Waals surface area contributed by atoms with Gasteiger partial charge in [-0.25, -0.2) is 0 Å². The maximum atomic E-state index is 13.2. The lowest BCUT2D eigenvalue weighted by atomic mass is 9.88.